The van der Waals surface area contributed by atoms with E-state index in [9.17, 15) is 9.18 Å². The molecule has 4 aromatic rings. The maximum absolute atomic E-state index is 14.4. The minimum absolute atomic E-state index is 0.0711. The number of para-hydroxylation sites is 3. The topological polar surface area (TPSA) is 38.1 Å². The summed E-state index contributed by atoms with van der Waals surface area (Å²) in [6.07, 6.45) is 0.320. The largest absolute Gasteiger partial charge is 0.323 e. The fourth-order valence-electron chi connectivity index (χ4n) is 4.65. The first-order chi connectivity index (χ1) is 15.8. The van der Waals surface area contributed by atoms with Crippen LogP contribution in [0.2, 0.25) is 0 Å². The van der Waals surface area contributed by atoms with E-state index in [0.29, 0.717) is 25.2 Å². The van der Waals surface area contributed by atoms with Crippen LogP contribution in [0.4, 0.5) is 10.1 Å². The average Bonchev–Trinajstić information content (AvgIpc) is 3.34. The third-order valence-corrected chi connectivity index (χ3v) is 6.48. The Bertz CT molecular complexity index is 1320. The molecular formula is C28H28FN3O. The van der Waals surface area contributed by atoms with Gasteiger partial charge in [-0.15, -0.1) is 0 Å². The van der Waals surface area contributed by atoms with Gasteiger partial charge in [0.05, 0.1) is 16.7 Å². The number of hydrogen-bond donors (Lipinski definition) is 0. The first kappa shape index (κ1) is 21.4. The fourth-order valence-corrected chi connectivity index (χ4v) is 4.65. The predicted octanol–water partition coefficient (Wildman–Crippen LogP) is 6.04. The zero-order valence-corrected chi connectivity index (χ0v) is 19.3. The van der Waals surface area contributed by atoms with E-state index in [0.717, 1.165) is 16.9 Å². The van der Waals surface area contributed by atoms with Gasteiger partial charge < -0.3 is 9.47 Å². The van der Waals surface area contributed by atoms with Gasteiger partial charge in [0.15, 0.2) is 0 Å². The summed E-state index contributed by atoms with van der Waals surface area (Å²) in [4.78, 5) is 19.3. The molecular weight excluding hydrogens is 413 g/mol. The highest BCUT2D eigenvalue weighted by atomic mass is 19.1. The Morgan fingerprint density at radius 1 is 0.970 bits per heavy atom. The van der Waals surface area contributed by atoms with Gasteiger partial charge in [-0.1, -0.05) is 69.3 Å². The van der Waals surface area contributed by atoms with E-state index in [4.69, 9.17) is 4.98 Å². The molecule has 3 aromatic carbocycles. The first-order valence-corrected chi connectivity index (χ1v) is 11.4. The molecule has 0 spiro atoms. The summed E-state index contributed by atoms with van der Waals surface area (Å²) in [5.74, 6) is 0.332. The minimum Gasteiger partial charge on any atom is -0.323 e. The summed E-state index contributed by atoms with van der Waals surface area (Å²) in [6, 6.07) is 23.2. The lowest BCUT2D eigenvalue weighted by molar-refractivity contribution is -0.117. The van der Waals surface area contributed by atoms with Gasteiger partial charge in [0.2, 0.25) is 5.91 Å². The van der Waals surface area contributed by atoms with E-state index in [-0.39, 0.29) is 23.1 Å². The first-order valence-electron chi connectivity index (χ1n) is 11.4. The van der Waals surface area contributed by atoms with E-state index >= 15 is 0 Å². The SMILES string of the molecule is CC(C)(C)c1ccc(Cn2c([C@H]3CC(=O)N(c4ccccc4F)C3)nc3ccccc32)cc1. The summed E-state index contributed by atoms with van der Waals surface area (Å²) < 4.78 is 16.6. The maximum atomic E-state index is 14.4. The number of fused-ring (bicyclic) bond motifs is 1. The van der Waals surface area contributed by atoms with Gasteiger partial charge in [-0.2, -0.15) is 0 Å². The lowest BCUT2D eigenvalue weighted by Gasteiger charge is -2.20. The number of aromatic nitrogens is 2. The van der Waals surface area contributed by atoms with Crippen molar-refractivity contribution < 1.29 is 9.18 Å². The highest BCUT2D eigenvalue weighted by Crippen LogP contribution is 2.34. The van der Waals surface area contributed by atoms with E-state index in [1.165, 1.54) is 17.2 Å². The van der Waals surface area contributed by atoms with Crippen molar-refractivity contribution in [3.8, 4) is 0 Å². The van der Waals surface area contributed by atoms with Crippen LogP contribution in [0.1, 0.15) is 50.1 Å². The second-order valence-electron chi connectivity index (χ2n) is 9.85. The molecule has 33 heavy (non-hydrogen) atoms. The van der Waals surface area contributed by atoms with Crippen molar-refractivity contribution in [3.05, 3.63) is 95.6 Å². The number of rotatable bonds is 4. The number of nitrogens with zero attached hydrogens (tertiary/aromatic N) is 3. The van der Waals surface area contributed by atoms with E-state index in [1.807, 2.05) is 18.2 Å². The van der Waals surface area contributed by atoms with Crippen molar-refractivity contribution in [1.29, 1.82) is 0 Å². The Balaban J connectivity index is 1.50. The van der Waals surface area contributed by atoms with Crippen LogP contribution in [0, 0.1) is 5.82 Å². The highest BCUT2D eigenvalue weighted by Gasteiger charge is 2.35. The second-order valence-corrected chi connectivity index (χ2v) is 9.85. The van der Waals surface area contributed by atoms with Gasteiger partial charge in [0.1, 0.15) is 11.6 Å². The lowest BCUT2D eigenvalue weighted by atomic mass is 9.87. The van der Waals surface area contributed by atoms with Crippen LogP contribution in [0.3, 0.4) is 0 Å². The predicted molar refractivity (Wildman–Crippen MR) is 130 cm³/mol. The summed E-state index contributed by atoms with van der Waals surface area (Å²) in [5.41, 5.74) is 4.88. The number of imidazole rings is 1. The number of anilines is 1. The van der Waals surface area contributed by atoms with Crippen molar-refractivity contribution in [3.63, 3.8) is 0 Å². The molecule has 0 aliphatic carbocycles. The van der Waals surface area contributed by atoms with Crippen molar-refractivity contribution in [2.45, 2.75) is 45.1 Å². The van der Waals surface area contributed by atoms with Crippen molar-refractivity contribution in [1.82, 2.24) is 9.55 Å². The molecule has 1 aliphatic rings. The molecule has 0 bridgehead atoms. The number of carbonyl (C=O) groups is 1. The van der Waals surface area contributed by atoms with Gasteiger partial charge in [-0.05, 0) is 40.8 Å². The Morgan fingerprint density at radius 2 is 1.67 bits per heavy atom. The Labute approximate surface area is 193 Å². The summed E-state index contributed by atoms with van der Waals surface area (Å²) >= 11 is 0. The Morgan fingerprint density at radius 3 is 2.39 bits per heavy atom. The van der Waals surface area contributed by atoms with Crippen LogP contribution >= 0.6 is 0 Å². The zero-order valence-electron chi connectivity index (χ0n) is 19.3. The number of carbonyl (C=O) groups excluding carboxylic acids is 1. The van der Waals surface area contributed by atoms with E-state index < -0.39 is 0 Å². The van der Waals surface area contributed by atoms with Crippen molar-refractivity contribution in [2.75, 3.05) is 11.4 Å². The smallest absolute Gasteiger partial charge is 0.227 e. The fraction of sp³-hybridized carbons (Fsp3) is 0.286. The number of hydrogen-bond acceptors (Lipinski definition) is 2. The molecule has 0 unspecified atom stereocenters. The Hall–Kier alpha value is -3.47. The number of benzene rings is 3. The summed E-state index contributed by atoms with van der Waals surface area (Å²) in [5, 5.41) is 0. The molecule has 1 aliphatic heterocycles. The van der Waals surface area contributed by atoms with E-state index in [1.54, 1.807) is 23.1 Å². The monoisotopic (exact) mass is 441 g/mol. The molecule has 1 amide bonds. The standard InChI is InChI=1S/C28H28FN3O/c1-28(2,3)21-14-12-19(13-15-21)17-32-25-11-7-5-9-23(25)30-27(32)20-16-26(33)31(18-20)24-10-6-4-8-22(24)29/h4-15,20H,16-18H2,1-3H3/t20-/m0/s1. The van der Waals surface area contributed by atoms with Crippen LogP contribution < -0.4 is 4.90 Å². The molecule has 1 atom stereocenters. The quantitative estimate of drug-likeness (QED) is 0.387. The van der Waals surface area contributed by atoms with E-state index in [2.05, 4.69) is 55.7 Å². The molecule has 2 heterocycles. The van der Waals surface area contributed by atoms with Gasteiger partial charge in [0, 0.05) is 25.4 Å². The summed E-state index contributed by atoms with van der Waals surface area (Å²) in [7, 11) is 0. The van der Waals surface area contributed by atoms with Crippen LogP contribution in [0.5, 0.6) is 0 Å². The lowest BCUT2D eigenvalue weighted by Crippen LogP contribution is -2.25. The van der Waals surface area contributed by atoms with Gasteiger partial charge in [0.25, 0.3) is 0 Å². The molecule has 1 fully saturated rings. The molecule has 5 rings (SSSR count). The molecule has 4 nitrogen and oxygen atoms in total. The second kappa shape index (κ2) is 8.14. The normalized spacial score (nSPS) is 16.7. The van der Waals surface area contributed by atoms with Crippen molar-refractivity contribution >= 4 is 22.6 Å². The minimum atomic E-state index is -0.376. The number of amides is 1. The molecule has 0 radical (unpaired) electrons. The van der Waals surface area contributed by atoms with Crippen LogP contribution in [0.25, 0.3) is 11.0 Å². The third kappa shape index (κ3) is 4.04. The molecule has 1 aromatic heterocycles. The van der Waals surface area contributed by atoms with Crippen LogP contribution in [-0.2, 0) is 16.8 Å². The van der Waals surface area contributed by atoms with Gasteiger partial charge in [-0.25, -0.2) is 9.37 Å². The Kier molecular flexibility index (Phi) is 5.28. The zero-order chi connectivity index (χ0) is 23.2. The highest BCUT2D eigenvalue weighted by molar-refractivity contribution is 5.96. The van der Waals surface area contributed by atoms with Crippen LogP contribution in [0.15, 0.2) is 72.8 Å². The van der Waals surface area contributed by atoms with Crippen molar-refractivity contribution in [2.24, 2.45) is 0 Å². The molecule has 1 saturated heterocycles. The molecule has 168 valence electrons. The van der Waals surface area contributed by atoms with Crippen LogP contribution in [-0.4, -0.2) is 22.0 Å². The average molecular weight is 442 g/mol. The molecule has 0 saturated carbocycles. The summed E-state index contributed by atoms with van der Waals surface area (Å²) in [6.45, 7) is 7.72. The number of halogens is 1. The van der Waals surface area contributed by atoms with Gasteiger partial charge in [-0.3, -0.25) is 4.79 Å². The molecule has 0 N–H and O–H groups in total. The van der Waals surface area contributed by atoms with Gasteiger partial charge >= 0.3 is 0 Å². The third-order valence-electron chi connectivity index (χ3n) is 6.48. The maximum Gasteiger partial charge on any atom is 0.227 e. The molecule has 5 heteroatoms.